The van der Waals surface area contributed by atoms with Crippen LogP contribution in [0.4, 0.5) is 17.1 Å². The average Bonchev–Trinajstić information content (AvgIpc) is 2.79. The lowest BCUT2D eigenvalue weighted by Crippen LogP contribution is -2.37. The minimum atomic E-state index is -3.87. The third-order valence-electron chi connectivity index (χ3n) is 5.26. The second kappa shape index (κ2) is 10.8. The Morgan fingerprint density at radius 1 is 0.972 bits per heavy atom. The molecule has 0 saturated heterocycles. The molecule has 2 N–H and O–H groups in total. The fraction of sp³-hybridized carbons (Fsp3) is 0.208. The Morgan fingerprint density at radius 2 is 1.58 bits per heavy atom. The molecule has 9 nitrogen and oxygen atoms in total. The van der Waals surface area contributed by atoms with Crippen molar-refractivity contribution in [3.8, 4) is 5.75 Å². The van der Waals surface area contributed by atoms with Crippen molar-refractivity contribution in [2.75, 3.05) is 34.3 Å². The van der Waals surface area contributed by atoms with E-state index in [1.807, 2.05) is 32.0 Å². The molecule has 36 heavy (non-hydrogen) atoms. The van der Waals surface area contributed by atoms with E-state index in [0.29, 0.717) is 5.69 Å². The number of sulfonamides is 2. The van der Waals surface area contributed by atoms with Crippen LogP contribution in [-0.2, 0) is 24.8 Å². The molecule has 0 unspecified atom stereocenters. The molecule has 1 amide bonds. The Hall–Kier alpha value is -3.28. The van der Waals surface area contributed by atoms with Gasteiger partial charge in [0.2, 0.25) is 15.9 Å². The number of halogens is 1. The van der Waals surface area contributed by atoms with Gasteiger partial charge in [-0.05, 0) is 67.4 Å². The number of ether oxygens (including phenoxy) is 1. The van der Waals surface area contributed by atoms with Gasteiger partial charge in [0.05, 0.1) is 29.6 Å². The molecule has 12 heteroatoms. The lowest BCUT2D eigenvalue weighted by Gasteiger charge is -2.24. The fourth-order valence-corrected chi connectivity index (χ4v) is 5.68. The van der Waals surface area contributed by atoms with Gasteiger partial charge in [-0.25, -0.2) is 16.8 Å². The summed E-state index contributed by atoms with van der Waals surface area (Å²) in [6, 6.07) is 15.4. The molecular weight excluding hydrogens is 526 g/mol. The molecule has 0 atom stereocenters. The molecule has 0 aliphatic carbocycles. The van der Waals surface area contributed by atoms with Crippen molar-refractivity contribution in [3.05, 3.63) is 76.8 Å². The first kappa shape index (κ1) is 27.3. The Kier molecular flexibility index (Phi) is 8.17. The zero-order valence-corrected chi connectivity index (χ0v) is 22.5. The van der Waals surface area contributed by atoms with E-state index in [2.05, 4.69) is 10.0 Å². The summed E-state index contributed by atoms with van der Waals surface area (Å²) in [5.74, 6) is -0.421. The third-order valence-corrected chi connectivity index (χ3v) is 7.99. The van der Waals surface area contributed by atoms with Crippen LogP contribution in [0, 0.1) is 13.8 Å². The highest BCUT2D eigenvalue weighted by molar-refractivity contribution is 7.92. The molecule has 3 rings (SSSR count). The first-order chi connectivity index (χ1) is 16.8. The molecule has 0 heterocycles. The number of benzene rings is 3. The number of hydrogen-bond donors (Lipinski definition) is 2. The number of carbonyl (C=O) groups excluding carboxylic acids is 1. The van der Waals surface area contributed by atoms with Gasteiger partial charge in [-0.3, -0.25) is 13.8 Å². The summed E-state index contributed by atoms with van der Waals surface area (Å²) >= 11 is 6.02. The predicted octanol–water partition coefficient (Wildman–Crippen LogP) is 4.17. The summed E-state index contributed by atoms with van der Waals surface area (Å²) in [7, 11) is -6.36. The van der Waals surface area contributed by atoms with Gasteiger partial charge in [-0.1, -0.05) is 29.8 Å². The molecule has 3 aromatic rings. The summed E-state index contributed by atoms with van der Waals surface area (Å²) in [5.41, 5.74) is 2.48. The smallest absolute Gasteiger partial charge is 0.261 e. The van der Waals surface area contributed by atoms with Gasteiger partial charge in [0.1, 0.15) is 12.3 Å². The van der Waals surface area contributed by atoms with Crippen molar-refractivity contribution in [1.29, 1.82) is 0 Å². The van der Waals surface area contributed by atoms with Gasteiger partial charge >= 0.3 is 0 Å². The predicted molar refractivity (Wildman–Crippen MR) is 142 cm³/mol. The Bertz CT molecular complexity index is 1470. The second-order valence-electron chi connectivity index (χ2n) is 8.03. The number of aryl methyl sites for hydroxylation is 2. The van der Waals surface area contributed by atoms with Crippen molar-refractivity contribution in [2.45, 2.75) is 18.7 Å². The molecular formula is C24H26ClN3O6S2. The number of hydrogen-bond acceptors (Lipinski definition) is 6. The summed E-state index contributed by atoms with van der Waals surface area (Å²) in [6.07, 6.45) is 0.962. The van der Waals surface area contributed by atoms with Crippen molar-refractivity contribution in [2.24, 2.45) is 0 Å². The molecule has 0 aliphatic rings. The molecule has 0 aliphatic heterocycles. The Labute approximate surface area is 216 Å². The number of nitrogens with one attached hydrogen (secondary N) is 2. The Balaban J connectivity index is 1.78. The van der Waals surface area contributed by atoms with Gasteiger partial charge in [0, 0.05) is 10.7 Å². The zero-order valence-electron chi connectivity index (χ0n) is 20.1. The standard InChI is InChI=1S/C24H26ClN3O6S2/c1-16-6-5-7-17(2)24(16)27-36(32,33)20-11-9-19(10-12-20)26-23(29)15-28(35(4,30)31)21-14-18(25)8-13-22(21)34-3/h5-14,27H,15H2,1-4H3,(H,26,29). The van der Waals surface area contributed by atoms with Gasteiger partial charge < -0.3 is 10.1 Å². The molecule has 192 valence electrons. The van der Waals surface area contributed by atoms with Crippen molar-refractivity contribution in [1.82, 2.24) is 0 Å². The number of para-hydroxylation sites is 1. The maximum absolute atomic E-state index is 12.8. The van der Waals surface area contributed by atoms with E-state index >= 15 is 0 Å². The van der Waals surface area contributed by atoms with E-state index in [1.165, 1.54) is 49.6 Å². The van der Waals surface area contributed by atoms with Crippen LogP contribution < -0.4 is 19.1 Å². The van der Waals surface area contributed by atoms with E-state index in [1.54, 1.807) is 0 Å². The maximum Gasteiger partial charge on any atom is 0.261 e. The number of rotatable bonds is 9. The second-order valence-corrected chi connectivity index (χ2v) is 12.1. The monoisotopic (exact) mass is 551 g/mol. The molecule has 0 radical (unpaired) electrons. The van der Waals surface area contributed by atoms with Crippen LogP contribution in [-0.4, -0.2) is 42.7 Å². The van der Waals surface area contributed by atoms with Crippen LogP contribution in [0.2, 0.25) is 5.02 Å². The van der Waals surface area contributed by atoms with Crippen molar-refractivity contribution in [3.63, 3.8) is 0 Å². The Morgan fingerprint density at radius 3 is 2.14 bits per heavy atom. The maximum atomic E-state index is 12.8. The number of nitrogens with zero attached hydrogens (tertiary/aromatic N) is 1. The van der Waals surface area contributed by atoms with E-state index in [4.69, 9.17) is 16.3 Å². The van der Waals surface area contributed by atoms with E-state index < -0.39 is 32.5 Å². The van der Waals surface area contributed by atoms with E-state index in [9.17, 15) is 21.6 Å². The average molecular weight is 552 g/mol. The summed E-state index contributed by atoms with van der Waals surface area (Å²) in [5, 5.41) is 2.85. The van der Waals surface area contributed by atoms with Crippen LogP contribution >= 0.6 is 11.6 Å². The molecule has 0 saturated carbocycles. The topological polar surface area (TPSA) is 122 Å². The molecule has 0 spiro atoms. The minimum absolute atomic E-state index is 0.00424. The van der Waals surface area contributed by atoms with Crippen LogP contribution in [0.5, 0.6) is 5.75 Å². The minimum Gasteiger partial charge on any atom is -0.495 e. The summed E-state index contributed by atoms with van der Waals surface area (Å²) < 4.78 is 59.2. The largest absolute Gasteiger partial charge is 0.495 e. The highest BCUT2D eigenvalue weighted by Gasteiger charge is 2.25. The molecule has 0 aromatic heterocycles. The van der Waals surface area contributed by atoms with Crippen LogP contribution in [0.25, 0.3) is 0 Å². The summed E-state index contributed by atoms with van der Waals surface area (Å²) in [4.78, 5) is 12.7. The van der Waals surface area contributed by atoms with Crippen LogP contribution in [0.1, 0.15) is 11.1 Å². The van der Waals surface area contributed by atoms with Gasteiger partial charge in [0.15, 0.2) is 0 Å². The zero-order chi connectivity index (χ0) is 26.7. The van der Waals surface area contributed by atoms with Crippen molar-refractivity contribution >= 4 is 54.6 Å². The number of amides is 1. The normalized spacial score (nSPS) is 11.6. The van der Waals surface area contributed by atoms with Crippen LogP contribution in [0.15, 0.2) is 65.6 Å². The third kappa shape index (κ3) is 6.48. The lowest BCUT2D eigenvalue weighted by molar-refractivity contribution is -0.114. The highest BCUT2D eigenvalue weighted by Crippen LogP contribution is 2.32. The first-order valence-corrected chi connectivity index (χ1v) is 14.3. The van der Waals surface area contributed by atoms with E-state index in [-0.39, 0.29) is 27.0 Å². The van der Waals surface area contributed by atoms with Gasteiger partial charge in [-0.2, -0.15) is 0 Å². The van der Waals surface area contributed by atoms with Crippen molar-refractivity contribution < 1.29 is 26.4 Å². The SMILES string of the molecule is COc1ccc(Cl)cc1N(CC(=O)Nc1ccc(S(=O)(=O)Nc2c(C)cccc2C)cc1)S(C)(=O)=O. The number of methoxy groups -OCH3 is 1. The molecule has 0 bridgehead atoms. The fourth-order valence-electron chi connectivity index (χ4n) is 3.46. The number of anilines is 3. The van der Waals surface area contributed by atoms with Crippen LogP contribution in [0.3, 0.4) is 0 Å². The van der Waals surface area contributed by atoms with Gasteiger partial charge in [0.25, 0.3) is 10.0 Å². The first-order valence-electron chi connectivity index (χ1n) is 10.6. The van der Waals surface area contributed by atoms with Gasteiger partial charge in [-0.15, -0.1) is 0 Å². The summed E-state index contributed by atoms with van der Waals surface area (Å²) in [6.45, 7) is 3.06. The highest BCUT2D eigenvalue weighted by atomic mass is 35.5. The lowest BCUT2D eigenvalue weighted by atomic mass is 10.1. The molecule has 3 aromatic carbocycles. The molecule has 0 fully saturated rings. The number of carbonyl (C=O) groups is 1. The van der Waals surface area contributed by atoms with E-state index in [0.717, 1.165) is 21.7 Å². The quantitative estimate of drug-likeness (QED) is 0.411.